The van der Waals surface area contributed by atoms with Gasteiger partial charge in [-0.05, 0) is 18.9 Å². The van der Waals surface area contributed by atoms with Crippen LogP contribution in [0.15, 0.2) is 47.4 Å². The summed E-state index contributed by atoms with van der Waals surface area (Å²) in [4.78, 5) is 22.5. The van der Waals surface area contributed by atoms with E-state index in [2.05, 4.69) is 0 Å². The van der Waals surface area contributed by atoms with Crippen molar-refractivity contribution in [3.8, 4) is 5.75 Å². The van der Waals surface area contributed by atoms with Crippen LogP contribution in [0.25, 0.3) is 0 Å². The number of hydrogen-bond donors (Lipinski definition) is 1. The molecule has 0 fully saturated rings. The molecule has 0 aliphatic heterocycles. The lowest BCUT2D eigenvalue weighted by Gasteiger charge is -2.14. The largest absolute Gasteiger partial charge is 0.483 e. The highest BCUT2D eigenvalue weighted by Crippen LogP contribution is 2.14. The van der Waals surface area contributed by atoms with Crippen LogP contribution in [0.2, 0.25) is 0 Å². The number of pyridine rings is 1. The third kappa shape index (κ3) is 4.22. The predicted octanol–water partition coefficient (Wildman–Crippen LogP) is 2.60. The molecular formula is C17H19NO4. The van der Waals surface area contributed by atoms with Gasteiger partial charge in [0.1, 0.15) is 6.61 Å². The molecule has 0 aliphatic rings. The fourth-order valence-electron chi connectivity index (χ4n) is 2.20. The molecule has 22 heavy (non-hydrogen) atoms. The van der Waals surface area contributed by atoms with E-state index >= 15 is 0 Å². The Hall–Kier alpha value is -2.56. The minimum absolute atomic E-state index is 0.103. The monoisotopic (exact) mass is 301 g/mol. The number of nitrogens with zero attached hydrogens (tertiary/aromatic N) is 1. The molecule has 0 aliphatic carbocycles. The summed E-state index contributed by atoms with van der Waals surface area (Å²) in [7, 11) is 0. The van der Waals surface area contributed by atoms with E-state index in [1.807, 2.05) is 41.8 Å². The average molecular weight is 301 g/mol. The summed E-state index contributed by atoms with van der Waals surface area (Å²) >= 11 is 0. The third-order valence-electron chi connectivity index (χ3n) is 3.40. The second-order valence-electron chi connectivity index (χ2n) is 5.06. The second kappa shape index (κ2) is 7.45. The molecule has 0 atom stereocenters. The van der Waals surface area contributed by atoms with Crippen LogP contribution in [0.4, 0.5) is 0 Å². The highest BCUT2D eigenvalue weighted by Gasteiger charge is 2.09. The van der Waals surface area contributed by atoms with Gasteiger partial charge in [0, 0.05) is 25.2 Å². The van der Waals surface area contributed by atoms with Gasteiger partial charge in [-0.25, -0.2) is 0 Å². The Kier molecular flexibility index (Phi) is 5.36. The normalized spacial score (nSPS) is 10.4. The maximum Gasteiger partial charge on any atom is 0.303 e. The predicted molar refractivity (Wildman–Crippen MR) is 83.1 cm³/mol. The molecule has 0 radical (unpaired) electrons. The van der Waals surface area contributed by atoms with Crippen LogP contribution in [-0.4, -0.2) is 15.6 Å². The summed E-state index contributed by atoms with van der Waals surface area (Å²) in [6.45, 7) is 2.68. The smallest absolute Gasteiger partial charge is 0.303 e. The van der Waals surface area contributed by atoms with Crippen molar-refractivity contribution < 1.29 is 14.6 Å². The van der Waals surface area contributed by atoms with Gasteiger partial charge in [-0.3, -0.25) is 9.59 Å². The first-order chi connectivity index (χ1) is 10.6. The molecule has 0 unspecified atom stereocenters. The SMILES string of the molecule is Cc1c(OCc2ccccc2)c(=O)ccn1CCCC(=O)O. The van der Waals surface area contributed by atoms with Gasteiger partial charge in [-0.15, -0.1) is 0 Å². The van der Waals surface area contributed by atoms with Crippen molar-refractivity contribution in [3.05, 3.63) is 64.1 Å². The molecule has 0 saturated carbocycles. The summed E-state index contributed by atoms with van der Waals surface area (Å²) in [5.41, 5.74) is 1.54. The molecule has 1 aromatic heterocycles. The van der Waals surface area contributed by atoms with E-state index in [1.165, 1.54) is 6.07 Å². The number of ether oxygens (including phenoxy) is 1. The van der Waals surface area contributed by atoms with Crippen molar-refractivity contribution in [1.29, 1.82) is 0 Å². The van der Waals surface area contributed by atoms with Gasteiger partial charge in [0.25, 0.3) is 0 Å². The Bertz CT molecular complexity index is 692. The minimum Gasteiger partial charge on any atom is -0.483 e. The molecule has 0 amide bonds. The number of carboxylic acid groups (broad SMARTS) is 1. The van der Waals surface area contributed by atoms with Crippen LogP contribution < -0.4 is 10.2 Å². The van der Waals surface area contributed by atoms with Crippen LogP contribution >= 0.6 is 0 Å². The Morgan fingerprint density at radius 1 is 1.23 bits per heavy atom. The maximum atomic E-state index is 12.0. The summed E-state index contributed by atoms with van der Waals surface area (Å²) in [6, 6.07) is 11.1. The van der Waals surface area contributed by atoms with E-state index in [1.54, 1.807) is 6.20 Å². The van der Waals surface area contributed by atoms with Gasteiger partial charge in [0.2, 0.25) is 5.43 Å². The molecule has 1 N–H and O–H groups in total. The van der Waals surface area contributed by atoms with Crippen LogP contribution in [0.3, 0.4) is 0 Å². The second-order valence-corrected chi connectivity index (χ2v) is 5.06. The van der Waals surface area contributed by atoms with Gasteiger partial charge in [0.15, 0.2) is 5.75 Å². The molecule has 0 bridgehead atoms. The number of rotatable bonds is 7. The summed E-state index contributed by atoms with van der Waals surface area (Å²) in [5.74, 6) is -0.499. The van der Waals surface area contributed by atoms with E-state index in [0.29, 0.717) is 31.0 Å². The van der Waals surface area contributed by atoms with Crippen molar-refractivity contribution in [2.45, 2.75) is 32.9 Å². The Morgan fingerprint density at radius 2 is 1.95 bits per heavy atom. The first kappa shape index (κ1) is 15.8. The van der Waals surface area contributed by atoms with Gasteiger partial charge >= 0.3 is 5.97 Å². The lowest BCUT2D eigenvalue weighted by atomic mass is 10.2. The Balaban J connectivity index is 2.09. The lowest BCUT2D eigenvalue weighted by molar-refractivity contribution is -0.137. The van der Waals surface area contributed by atoms with Crippen molar-refractivity contribution in [2.24, 2.45) is 0 Å². The van der Waals surface area contributed by atoms with Crippen LogP contribution in [0.5, 0.6) is 5.75 Å². The molecule has 2 rings (SSSR count). The van der Waals surface area contributed by atoms with E-state index in [4.69, 9.17) is 9.84 Å². The molecule has 1 aromatic carbocycles. The fraction of sp³-hybridized carbons (Fsp3) is 0.294. The molecular weight excluding hydrogens is 282 g/mol. The number of aliphatic carboxylic acids is 1. The quantitative estimate of drug-likeness (QED) is 0.853. The molecule has 1 heterocycles. The van der Waals surface area contributed by atoms with Gasteiger partial charge in [-0.2, -0.15) is 0 Å². The van der Waals surface area contributed by atoms with Crippen molar-refractivity contribution in [1.82, 2.24) is 4.57 Å². The molecule has 0 saturated heterocycles. The first-order valence-corrected chi connectivity index (χ1v) is 7.16. The van der Waals surface area contributed by atoms with E-state index in [-0.39, 0.29) is 11.8 Å². The highest BCUT2D eigenvalue weighted by molar-refractivity contribution is 5.66. The van der Waals surface area contributed by atoms with E-state index in [9.17, 15) is 9.59 Å². The van der Waals surface area contributed by atoms with Gasteiger partial charge in [-0.1, -0.05) is 30.3 Å². The molecule has 2 aromatic rings. The Morgan fingerprint density at radius 3 is 2.64 bits per heavy atom. The van der Waals surface area contributed by atoms with Gasteiger partial charge < -0.3 is 14.4 Å². The number of carboxylic acids is 1. The average Bonchev–Trinajstić information content (AvgIpc) is 2.50. The maximum absolute atomic E-state index is 12.0. The fourth-order valence-corrected chi connectivity index (χ4v) is 2.20. The van der Waals surface area contributed by atoms with Crippen molar-refractivity contribution in [2.75, 3.05) is 0 Å². The number of carbonyl (C=O) groups is 1. The Labute approximate surface area is 128 Å². The first-order valence-electron chi connectivity index (χ1n) is 7.16. The minimum atomic E-state index is -0.820. The van der Waals surface area contributed by atoms with Gasteiger partial charge in [0.05, 0.1) is 5.69 Å². The number of hydrogen-bond acceptors (Lipinski definition) is 3. The topological polar surface area (TPSA) is 68.5 Å². The zero-order chi connectivity index (χ0) is 15.9. The van der Waals surface area contributed by atoms with Crippen LogP contribution in [0, 0.1) is 6.92 Å². The van der Waals surface area contributed by atoms with Crippen LogP contribution in [-0.2, 0) is 17.9 Å². The molecule has 5 nitrogen and oxygen atoms in total. The number of aromatic nitrogens is 1. The standard InChI is InChI=1S/C17H19NO4/c1-13-17(22-12-14-6-3-2-4-7-14)15(19)9-11-18(13)10-5-8-16(20)21/h2-4,6-7,9,11H,5,8,10,12H2,1H3,(H,20,21). The summed E-state index contributed by atoms with van der Waals surface area (Å²) in [5, 5.41) is 8.69. The van der Waals surface area contributed by atoms with Crippen LogP contribution in [0.1, 0.15) is 24.1 Å². The van der Waals surface area contributed by atoms with E-state index < -0.39 is 5.97 Å². The zero-order valence-corrected chi connectivity index (χ0v) is 12.5. The molecule has 116 valence electrons. The zero-order valence-electron chi connectivity index (χ0n) is 12.5. The number of aryl methyl sites for hydroxylation is 1. The molecule has 0 spiro atoms. The van der Waals surface area contributed by atoms with Crippen molar-refractivity contribution >= 4 is 5.97 Å². The lowest BCUT2D eigenvalue weighted by Crippen LogP contribution is -2.15. The highest BCUT2D eigenvalue weighted by atomic mass is 16.5. The third-order valence-corrected chi connectivity index (χ3v) is 3.40. The summed E-state index contributed by atoms with van der Waals surface area (Å²) < 4.78 is 7.52. The molecule has 5 heteroatoms. The summed E-state index contributed by atoms with van der Waals surface area (Å²) in [6.07, 6.45) is 2.29. The van der Waals surface area contributed by atoms with Crippen molar-refractivity contribution in [3.63, 3.8) is 0 Å². The van der Waals surface area contributed by atoms with E-state index in [0.717, 1.165) is 5.56 Å². The number of benzene rings is 1.